The summed E-state index contributed by atoms with van der Waals surface area (Å²) in [4.78, 5) is 0. The molecule has 84 valence electrons. The van der Waals surface area contributed by atoms with Crippen LogP contribution in [0.4, 0.5) is 0 Å². The van der Waals surface area contributed by atoms with E-state index in [1.54, 1.807) is 18.2 Å². The molecule has 1 aromatic rings. The Balaban J connectivity index is 0.00000196. The number of benzene rings is 1. The summed E-state index contributed by atoms with van der Waals surface area (Å²) in [5.74, 6) is 0.104. The summed E-state index contributed by atoms with van der Waals surface area (Å²) in [5.41, 5.74) is 6.50. The van der Waals surface area contributed by atoms with Gasteiger partial charge in [0, 0.05) is 11.6 Å². The van der Waals surface area contributed by atoms with Gasteiger partial charge in [0.1, 0.15) is 5.75 Å². The van der Waals surface area contributed by atoms with Gasteiger partial charge < -0.3 is 10.8 Å². The predicted octanol–water partition coefficient (Wildman–Crippen LogP) is 3.81. The fourth-order valence-electron chi connectivity index (χ4n) is 1.16. The van der Waals surface area contributed by atoms with Crippen LogP contribution in [0.5, 0.6) is 5.75 Å². The molecule has 0 aliphatic carbocycles. The van der Waals surface area contributed by atoms with Crippen LogP contribution in [0.25, 0.3) is 0 Å². The fraction of sp³-hybridized carbons (Fsp3) is 0.200. The summed E-state index contributed by atoms with van der Waals surface area (Å²) in [5, 5.41) is 10.2. The van der Waals surface area contributed by atoms with E-state index in [0.29, 0.717) is 21.5 Å². The molecule has 2 nitrogen and oxygen atoms in total. The Labute approximate surface area is 109 Å². The number of halogens is 3. The molecule has 0 amide bonds. The largest absolute Gasteiger partial charge is 0.506 e. The van der Waals surface area contributed by atoms with Crippen molar-refractivity contribution in [2.75, 3.05) is 0 Å². The molecule has 1 aromatic carbocycles. The maximum absolute atomic E-state index is 9.73. The summed E-state index contributed by atoms with van der Waals surface area (Å²) in [6.07, 6.45) is 2.33. The average Bonchev–Trinajstić information content (AvgIpc) is 2.15. The highest BCUT2D eigenvalue weighted by Crippen LogP contribution is 2.37. The van der Waals surface area contributed by atoms with Gasteiger partial charge in [0.25, 0.3) is 0 Å². The molecule has 0 fully saturated rings. The molecule has 0 radical (unpaired) electrons. The molecule has 0 unspecified atom stereocenters. The van der Waals surface area contributed by atoms with Gasteiger partial charge >= 0.3 is 0 Å². The molecule has 15 heavy (non-hydrogen) atoms. The van der Waals surface area contributed by atoms with E-state index in [-0.39, 0.29) is 24.2 Å². The molecule has 0 saturated carbocycles. The van der Waals surface area contributed by atoms with Crippen LogP contribution in [0.3, 0.4) is 0 Å². The lowest BCUT2D eigenvalue weighted by Crippen LogP contribution is -2.09. The Kier molecular flexibility index (Phi) is 6.29. The van der Waals surface area contributed by atoms with Crippen molar-refractivity contribution >= 4 is 39.9 Å². The van der Waals surface area contributed by atoms with Gasteiger partial charge in [-0.15, -0.1) is 19.0 Å². The van der Waals surface area contributed by atoms with Gasteiger partial charge in [0.15, 0.2) is 0 Å². The van der Waals surface area contributed by atoms with E-state index in [1.807, 2.05) is 0 Å². The van der Waals surface area contributed by atoms with Gasteiger partial charge in [0.2, 0.25) is 0 Å². The number of hydrogen-bond donors (Lipinski definition) is 2. The highest BCUT2D eigenvalue weighted by Gasteiger charge is 2.13. The van der Waals surface area contributed by atoms with Gasteiger partial charge in [-0.05, 0) is 28.4 Å². The minimum absolute atomic E-state index is 0. The Morgan fingerprint density at radius 3 is 2.73 bits per heavy atom. The Morgan fingerprint density at radius 2 is 2.20 bits per heavy atom. The molecule has 0 heterocycles. The molecule has 0 aliphatic heterocycles. The van der Waals surface area contributed by atoms with Gasteiger partial charge in [0.05, 0.1) is 9.50 Å². The Bertz CT molecular complexity index is 358. The van der Waals surface area contributed by atoms with E-state index in [9.17, 15) is 5.11 Å². The molecule has 0 saturated heterocycles. The maximum atomic E-state index is 9.73. The van der Waals surface area contributed by atoms with Crippen LogP contribution >= 0.6 is 39.9 Å². The number of rotatable bonds is 3. The molecule has 5 heteroatoms. The number of phenolic OH excluding ortho intramolecular Hbond substituents is 1. The molecular weight excluding hydrogens is 301 g/mol. The Hall–Kier alpha value is -0.220. The summed E-state index contributed by atoms with van der Waals surface area (Å²) < 4.78 is 0.483. The SMILES string of the molecule is C=CC[C@@H](N)c1ccc(Cl)c(Br)c1O.Cl. The lowest BCUT2D eigenvalue weighted by atomic mass is 10.0. The fourth-order valence-corrected chi connectivity index (χ4v) is 1.67. The summed E-state index contributed by atoms with van der Waals surface area (Å²) in [6, 6.07) is 3.17. The first-order valence-corrected chi connectivity index (χ1v) is 5.28. The lowest BCUT2D eigenvalue weighted by Gasteiger charge is -2.13. The zero-order valence-corrected chi connectivity index (χ0v) is 11.1. The summed E-state index contributed by atoms with van der Waals surface area (Å²) in [6.45, 7) is 3.60. The smallest absolute Gasteiger partial charge is 0.136 e. The summed E-state index contributed by atoms with van der Waals surface area (Å²) >= 11 is 8.99. The highest BCUT2D eigenvalue weighted by atomic mass is 79.9. The van der Waals surface area contributed by atoms with Gasteiger partial charge in [-0.2, -0.15) is 0 Å². The third kappa shape index (κ3) is 3.38. The quantitative estimate of drug-likeness (QED) is 0.834. The van der Waals surface area contributed by atoms with Crippen LogP contribution in [0.1, 0.15) is 18.0 Å². The van der Waals surface area contributed by atoms with Crippen molar-refractivity contribution in [1.82, 2.24) is 0 Å². The van der Waals surface area contributed by atoms with E-state index < -0.39 is 0 Å². The van der Waals surface area contributed by atoms with Crippen molar-refractivity contribution < 1.29 is 5.11 Å². The van der Waals surface area contributed by atoms with Crippen LogP contribution in [0, 0.1) is 0 Å². The van der Waals surface area contributed by atoms with Crippen molar-refractivity contribution in [3.8, 4) is 5.75 Å². The number of nitrogens with two attached hydrogens (primary N) is 1. The van der Waals surface area contributed by atoms with E-state index in [2.05, 4.69) is 22.5 Å². The minimum atomic E-state index is -0.249. The van der Waals surface area contributed by atoms with E-state index >= 15 is 0 Å². The monoisotopic (exact) mass is 311 g/mol. The molecule has 0 aromatic heterocycles. The number of phenols is 1. The van der Waals surface area contributed by atoms with Crippen LogP contribution in [0.15, 0.2) is 29.3 Å². The molecule has 3 N–H and O–H groups in total. The minimum Gasteiger partial charge on any atom is -0.506 e. The van der Waals surface area contributed by atoms with Gasteiger partial charge in [-0.1, -0.05) is 23.7 Å². The van der Waals surface area contributed by atoms with Crippen LogP contribution in [0.2, 0.25) is 5.02 Å². The van der Waals surface area contributed by atoms with Crippen molar-refractivity contribution in [2.45, 2.75) is 12.5 Å². The molecule has 0 aliphatic rings. The third-order valence-electron chi connectivity index (χ3n) is 1.92. The van der Waals surface area contributed by atoms with Gasteiger partial charge in [-0.25, -0.2) is 0 Å². The van der Waals surface area contributed by atoms with E-state index in [1.165, 1.54) is 0 Å². The standard InChI is InChI=1S/C10H11BrClNO.ClH/c1-2-3-8(13)6-4-5-7(12)9(11)10(6)14;/h2,4-5,8,14H,1,3,13H2;1H/t8-;/m1./s1. The molecule has 1 rings (SSSR count). The highest BCUT2D eigenvalue weighted by molar-refractivity contribution is 9.10. The second-order valence-electron chi connectivity index (χ2n) is 2.93. The molecular formula is C10H12BrCl2NO. The zero-order valence-electron chi connectivity index (χ0n) is 7.91. The van der Waals surface area contributed by atoms with Crippen LogP contribution in [-0.4, -0.2) is 5.11 Å². The van der Waals surface area contributed by atoms with Crippen LogP contribution < -0.4 is 5.73 Å². The van der Waals surface area contributed by atoms with Crippen molar-refractivity contribution in [2.24, 2.45) is 5.73 Å². The molecule has 1 atom stereocenters. The molecule has 0 spiro atoms. The average molecular weight is 313 g/mol. The van der Waals surface area contributed by atoms with Crippen molar-refractivity contribution in [3.05, 3.63) is 39.8 Å². The number of hydrogen-bond acceptors (Lipinski definition) is 2. The van der Waals surface area contributed by atoms with Crippen molar-refractivity contribution in [3.63, 3.8) is 0 Å². The second-order valence-corrected chi connectivity index (χ2v) is 4.13. The first-order valence-electron chi connectivity index (χ1n) is 4.11. The topological polar surface area (TPSA) is 46.2 Å². The first kappa shape index (κ1) is 14.8. The summed E-state index contributed by atoms with van der Waals surface area (Å²) in [7, 11) is 0. The molecule has 0 bridgehead atoms. The predicted molar refractivity (Wildman–Crippen MR) is 69.8 cm³/mol. The van der Waals surface area contributed by atoms with Gasteiger partial charge in [-0.3, -0.25) is 0 Å². The maximum Gasteiger partial charge on any atom is 0.136 e. The first-order chi connectivity index (χ1) is 6.57. The van der Waals surface area contributed by atoms with E-state index in [4.69, 9.17) is 17.3 Å². The Morgan fingerprint density at radius 1 is 1.60 bits per heavy atom. The van der Waals surface area contributed by atoms with Crippen LogP contribution in [-0.2, 0) is 0 Å². The second kappa shape index (κ2) is 6.38. The number of aromatic hydroxyl groups is 1. The lowest BCUT2D eigenvalue weighted by molar-refractivity contribution is 0.458. The van der Waals surface area contributed by atoms with Crippen molar-refractivity contribution in [1.29, 1.82) is 0 Å². The normalized spacial score (nSPS) is 11.7. The van der Waals surface area contributed by atoms with E-state index in [0.717, 1.165) is 0 Å². The zero-order chi connectivity index (χ0) is 10.7. The third-order valence-corrected chi connectivity index (χ3v) is 3.27.